The first-order valence-electron chi connectivity index (χ1n) is 21.9. The van der Waals surface area contributed by atoms with Crippen molar-refractivity contribution in [1.29, 1.82) is 0 Å². The number of benzene rings is 3. The molecule has 4 atom stereocenters. The van der Waals surface area contributed by atoms with Crippen LogP contribution in [-0.4, -0.2) is 128 Å². The minimum Gasteiger partial charge on any atom is -0.398 e. The van der Waals surface area contributed by atoms with Crippen LogP contribution in [0.3, 0.4) is 0 Å². The van der Waals surface area contributed by atoms with Gasteiger partial charge in [-0.25, -0.2) is 4.39 Å². The molecule has 4 aliphatic heterocycles. The van der Waals surface area contributed by atoms with Gasteiger partial charge in [-0.05, 0) is 90.9 Å². The van der Waals surface area contributed by atoms with Crippen molar-refractivity contribution in [3.63, 3.8) is 0 Å². The van der Waals surface area contributed by atoms with Crippen LogP contribution in [-0.2, 0) is 9.59 Å². The number of rotatable bonds is 18. The molecule has 4 unspecified atom stereocenters. The number of nitrogens with one attached hydrogen (secondary N) is 3. The van der Waals surface area contributed by atoms with Crippen molar-refractivity contribution in [3.8, 4) is 0 Å². The monoisotopic (exact) mass is 906 g/mol. The summed E-state index contributed by atoms with van der Waals surface area (Å²) in [5.74, 6) is -1.54. The molecule has 0 spiro atoms. The van der Waals surface area contributed by atoms with Crippen LogP contribution in [0.1, 0.15) is 79.9 Å². The maximum absolute atomic E-state index is 16.0. The lowest BCUT2D eigenvalue weighted by Crippen LogP contribution is -2.50. The number of nitrogen functional groups attached to an aromatic ring is 1. The Morgan fingerprint density at radius 2 is 1.73 bits per heavy atom. The van der Waals surface area contributed by atoms with Crippen molar-refractivity contribution in [2.75, 3.05) is 82.0 Å². The molecule has 334 valence electrons. The Hall–Kier alpha value is -3.64. The molecule has 0 aromatic heterocycles. The van der Waals surface area contributed by atoms with Gasteiger partial charge in [0, 0.05) is 104 Å². The summed E-state index contributed by atoms with van der Waals surface area (Å²) in [5, 5.41) is 9.55. The van der Waals surface area contributed by atoms with Gasteiger partial charge in [0.2, 0.25) is 12.3 Å². The van der Waals surface area contributed by atoms with Crippen LogP contribution in [0.25, 0.3) is 0 Å². The average molecular weight is 908 g/mol. The lowest BCUT2D eigenvalue weighted by atomic mass is 9.74. The Bertz CT molecular complexity index is 2160. The zero-order chi connectivity index (χ0) is 44.3. The molecule has 3 saturated heterocycles. The van der Waals surface area contributed by atoms with Gasteiger partial charge in [0.25, 0.3) is 5.91 Å². The number of nitrogens with two attached hydrogens (primary N) is 1. The maximum atomic E-state index is 16.0. The van der Waals surface area contributed by atoms with Gasteiger partial charge in [-0.1, -0.05) is 83.1 Å². The van der Waals surface area contributed by atoms with E-state index < -0.39 is 23.8 Å². The smallest absolute Gasteiger partial charge is 0.251 e. The highest BCUT2D eigenvalue weighted by molar-refractivity contribution is 7.65. The quantitative estimate of drug-likeness (QED) is 0.0452. The number of hydrogen-bond acceptors (Lipinski definition) is 8. The first-order valence-corrected chi connectivity index (χ1v) is 24.5. The molecule has 5 N–H and O–H groups in total. The van der Waals surface area contributed by atoms with Gasteiger partial charge in [0.15, 0.2) is 0 Å². The Morgan fingerprint density at radius 3 is 2.44 bits per heavy atom. The summed E-state index contributed by atoms with van der Waals surface area (Å²) in [4.78, 5) is 51.3. The zero-order valence-corrected chi connectivity index (χ0v) is 39.1. The number of halogens is 3. The average Bonchev–Trinajstić information content (AvgIpc) is 3.86. The molecule has 3 fully saturated rings. The van der Waals surface area contributed by atoms with E-state index in [1.54, 1.807) is 36.4 Å². The molecule has 0 radical (unpaired) electrons. The van der Waals surface area contributed by atoms with Gasteiger partial charge in [-0.2, -0.15) is 0 Å². The van der Waals surface area contributed by atoms with Crippen LogP contribution in [0, 0.1) is 23.6 Å². The summed E-state index contributed by atoms with van der Waals surface area (Å²) in [6.45, 7) is 18.2. The van der Waals surface area contributed by atoms with Crippen LogP contribution in [0.15, 0.2) is 59.6 Å². The van der Waals surface area contributed by atoms with Gasteiger partial charge < -0.3 is 31.5 Å². The number of amides is 3. The second-order valence-corrected chi connectivity index (χ2v) is 22.5. The van der Waals surface area contributed by atoms with Crippen molar-refractivity contribution in [3.05, 3.63) is 92.7 Å². The van der Waals surface area contributed by atoms with Gasteiger partial charge in [0.1, 0.15) is 5.82 Å². The van der Waals surface area contributed by atoms with E-state index in [1.165, 1.54) is 6.07 Å². The van der Waals surface area contributed by atoms with Crippen molar-refractivity contribution < 1.29 is 18.8 Å². The van der Waals surface area contributed by atoms with Crippen LogP contribution in [0.5, 0.6) is 0 Å². The molecule has 4 aliphatic rings. The summed E-state index contributed by atoms with van der Waals surface area (Å²) < 4.78 is 16.0. The van der Waals surface area contributed by atoms with Crippen LogP contribution in [0.4, 0.5) is 15.8 Å². The zero-order valence-electron chi connectivity index (χ0n) is 36.7. The van der Waals surface area contributed by atoms with Crippen molar-refractivity contribution >= 4 is 66.4 Å². The highest BCUT2D eigenvalue weighted by atomic mass is 35.5. The molecular weight excluding hydrogens is 845 g/mol. The van der Waals surface area contributed by atoms with Crippen LogP contribution in [0.2, 0.25) is 10.0 Å². The summed E-state index contributed by atoms with van der Waals surface area (Å²) in [6.07, 6.45) is 6.22. The summed E-state index contributed by atoms with van der Waals surface area (Å²) in [7, 11) is -0.252. The van der Waals surface area contributed by atoms with Crippen LogP contribution < -0.4 is 21.7 Å². The highest BCUT2D eigenvalue weighted by Crippen LogP contribution is 2.55. The molecule has 0 saturated carbocycles. The van der Waals surface area contributed by atoms with E-state index in [9.17, 15) is 14.4 Å². The highest BCUT2D eigenvalue weighted by Gasteiger charge is 2.56. The standard InChI is InChI=1S/C47H62Cl2FN8O3P/c1-30-33(44(60)53-26-46(2,3)25-47(4,5)27-57-19-17-56(18-20-57)16-8-15-52-28-59)13-14-34(41(30)51)37-24-38-42(55-37)39(35-11-7-12-36(49)40(35)50)43(58(38)29-62-21-22-62)45(61)54-32-10-6-9-31(48)23-32/h6-7,9-14,23,28,38-39,42-43H,8,15-22,24-27,29,51H2,1-5H3,(H,52,59)(H,53,60)(H,54,61). The minimum absolute atomic E-state index is 0.00389. The number of fused-ring (bicyclic) bond motifs is 1. The first-order chi connectivity index (χ1) is 29.5. The van der Waals surface area contributed by atoms with Gasteiger partial charge >= 0.3 is 0 Å². The fraction of sp³-hybridized carbons (Fsp3) is 0.532. The summed E-state index contributed by atoms with van der Waals surface area (Å²) in [5.41, 5.74) is 11.0. The van der Waals surface area contributed by atoms with Crippen LogP contribution >= 0.6 is 31.1 Å². The Morgan fingerprint density at radius 1 is 1.00 bits per heavy atom. The van der Waals surface area contributed by atoms with E-state index >= 15 is 4.39 Å². The number of likely N-dealkylation sites (tertiary alicyclic amines) is 1. The van der Waals surface area contributed by atoms with Crippen molar-refractivity contribution in [2.45, 2.75) is 77.9 Å². The number of piperazine rings is 1. The second kappa shape index (κ2) is 19.6. The molecule has 7 rings (SSSR count). The predicted octanol–water partition coefficient (Wildman–Crippen LogP) is 7.44. The molecule has 0 bridgehead atoms. The molecule has 15 heteroatoms. The Labute approximate surface area is 377 Å². The SMILES string of the molecule is Cc1c(C(=O)NCC(C)(C)CC(C)(C)CN2CCN(CCCNC=O)CC2)ccc(C2=NC3C(c4cccc(Cl)c4F)C(C(=O)Nc4cccc(Cl)c4)N(CP4CC4)C3C2)c1N. The molecular formula is C47H62Cl2FN8O3P. The van der Waals surface area contributed by atoms with Crippen molar-refractivity contribution in [1.82, 2.24) is 25.3 Å². The number of carbonyl (C=O) groups excluding carboxylic acids is 3. The lowest BCUT2D eigenvalue weighted by molar-refractivity contribution is -0.120. The van der Waals surface area contributed by atoms with E-state index in [0.29, 0.717) is 52.6 Å². The third-order valence-corrected chi connectivity index (χ3v) is 15.3. The van der Waals surface area contributed by atoms with Gasteiger partial charge in [0.05, 0.1) is 17.1 Å². The summed E-state index contributed by atoms with van der Waals surface area (Å²) >= 11 is 12.7. The maximum Gasteiger partial charge on any atom is 0.251 e. The second-order valence-electron chi connectivity index (χ2n) is 19.2. The van der Waals surface area contributed by atoms with E-state index in [-0.39, 0.29) is 41.6 Å². The van der Waals surface area contributed by atoms with Gasteiger partial charge in [-0.15, -0.1) is 0 Å². The number of aliphatic imine (C=N–C) groups is 1. The third kappa shape index (κ3) is 11.0. The molecule has 3 aromatic carbocycles. The lowest BCUT2D eigenvalue weighted by Gasteiger charge is -2.41. The number of anilines is 2. The van der Waals surface area contributed by atoms with E-state index in [2.05, 4.69) is 58.3 Å². The van der Waals surface area contributed by atoms with Gasteiger partial charge in [-0.3, -0.25) is 24.3 Å². The Kier molecular flexibility index (Phi) is 14.7. The normalized spacial score (nSPS) is 22.3. The largest absolute Gasteiger partial charge is 0.398 e. The molecule has 0 aliphatic carbocycles. The molecule has 4 heterocycles. The minimum atomic E-state index is -0.685. The van der Waals surface area contributed by atoms with E-state index in [4.69, 9.17) is 33.9 Å². The van der Waals surface area contributed by atoms with E-state index in [1.807, 2.05) is 19.1 Å². The molecule has 3 amide bonds. The third-order valence-electron chi connectivity index (χ3n) is 12.9. The first kappa shape index (κ1) is 46.4. The number of carbonyl (C=O) groups is 3. The fourth-order valence-corrected chi connectivity index (χ4v) is 12.3. The Balaban J connectivity index is 1.04. The van der Waals surface area contributed by atoms with E-state index in [0.717, 1.165) is 88.4 Å². The number of hydrogen-bond donors (Lipinski definition) is 4. The number of nitrogens with zero attached hydrogens (tertiary/aromatic N) is 4. The molecule has 62 heavy (non-hydrogen) atoms. The fourth-order valence-electron chi connectivity index (χ4n) is 10.2. The topological polar surface area (TPSA) is 135 Å². The predicted molar refractivity (Wildman–Crippen MR) is 252 cm³/mol. The summed E-state index contributed by atoms with van der Waals surface area (Å²) in [6, 6.07) is 14.5. The van der Waals surface area contributed by atoms with Crippen molar-refractivity contribution in [2.24, 2.45) is 15.8 Å². The molecule has 11 nitrogen and oxygen atoms in total. The molecule has 3 aromatic rings.